The molecule has 0 fully saturated rings. The molecule has 0 saturated heterocycles. The summed E-state index contributed by atoms with van der Waals surface area (Å²) in [5.74, 6) is 0. The van der Waals surface area contributed by atoms with Crippen molar-refractivity contribution in [1.82, 2.24) is 9.80 Å². The molecule has 3 unspecified atom stereocenters. The van der Waals surface area contributed by atoms with Crippen LogP contribution in [0.2, 0.25) is 0 Å². The quantitative estimate of drug-likeness (QED) is 0.560. The summed E-state index contributed by atoms with van der Waals surface area (Å²) in [5.41, 5.74) is 4.89. The van der Waals surface area contributed by atoms with Crippen LogP contribution in [0.5, 0.6) is 0 Å². The van der Waals surface area contributed by atoms with Gasteiger partial charge >= 0.3 is 0 Å². The third-order valence-corrected chi connectivity index (χ3v) is 3.88. The minimum Gasteiger partial charge on any atom is -0.395 e. The van der Waals surface area contributed by atoms with Gasteiger partial charge in [0.1, 0.15) is 5.60 Å². The Balaban J connectivity index is 5.52. The lowest BCUT2D eigenvalue weighted by Gasteiger charge is -2.49. The lowest BCUT2D eigenvalue weighted by molar-refractivity contribution is -0.114. The van der Waals surface area contributed by atoms with E-state index >= 15 is 0 Å². The molecule has 0 aromatic carbocycles. The Labute approximate surface area is 112 Å². The van der Waals surface area contributed by atoms with Crippen molar-refractivity contribution >= 4 is 0 Å². The summed E-state index contributed by atoms with van der Waals surface area (Å²) in [6.07, 6.45) is 1.56. The second-order valence-corrected chi connectivity index (χ2v) is 5.45. The molecule has 0 rings (SSSR count). The van der Waals surface area contributed by atoms with Crippen molar-refractivity contribution in [2.75, 3.05) is 34.8 Å². The number of likely N-dealkylation sites (N-methyl/N-ethyl adjacent to an activating group) is 2. The highest BCUT2D eigenvalue weighted by atomic mass is 16.3. The highest BCUT2D eigenvalue weighted by molar-refractivity contribution is 5.06. The average Bonchev–Trinajstić information content (AvgIpc) is 2.28. The Morgan fingerprint density at radius 3 is 1.50 bits per heavy atom. The van der Waals surface area contributed by atoms with Crippen molar-refractivity contribution in [1.29, 1.82) is 0 Å². The van der Waals surface area contributed by atoms with Crippen LogP contribution in [0.25, 0.3) is 0 Å². The van der Waals surface area contributed by atoms with E-state index in [2.05, 4.69) is 0 Å². The summed E-state index contributed by atoms with van der Waals surface area (Å²) in [6.45, 7) is 3.84. The van der Waals surface area contributed by atoms with Crippen molar-refractivity contribution in [2.24, 2.45) is 5.73 Å². The lowest BCUT2D eigenvalue weighted by Crippen LogP contribution is -2.70. The molecule has 0 spiro atoms. The number of nitrogens with two attached hydrogens (primary N) is 1. The van der Waals surface area contributed by atoms with Crippen molar-refractivity contribution < 1.29 is 10.2 Å². The zero-order chi connectivity index (χ0) is 14.5. The van der Waals surface area contributed by atoms with Gasteiger partial charge in [0.2, 0.25) is 0 Å². The van der Waals surface area contributed by atoms with Crippen LogP contribution in [0.3, 0.4) is 0 Å². The van der Waals surface area contributed by atoms with Crippen LogP contribution in [-0.4, -0.2) is 78.5 Å². The molecule has 0 heterocycles. The van der Waals surface area contributed by atoms with Crippen molar-refractivity contribution in [2.45, 2.75) is 50.4 Å². The third kappa shape index (κ3) is 3.42. The summed E-state index contributed by atoms with van der Waals surface area (Å²) in [7, 11) is 7.74. The predicted molar refractivity (Wildman–Crippen MR) is 75.5 cm³/mol. The smallest absolute Gasteiger partial charge is 0.113 e. The van der Waals surface area contributed by atoms with Gasteiger partial charge in [-0.15, -0.1) is 0 Å². The van der Waals surface area contributed by atoms with Gasteiger partial charge in [0, 0.05) is 12.1 Å². The van der Waals surface area contributed by atoms with E-state index in [9.17, 15) is 10.2 Å². The van der Waals surface area contributed by atoms with Crippen LogP contribution < -0.4 is 5.73 Å². The predicted octanol–water partition coefficient (Wildman–Crippen LogP) is -0.282. The molecule has 5 heteroatoms. The number of hydrogen-bond donors (Lipinski definition) is 3. The van der Waals surface area contributed by atoms with Gasteiger partial charge in [0.15, 0.2) is 0 Å². The number of aliphatic hydroxyl groups excluding tert-OH is 1. The average molecular weight is 261 g/mol. The molecule has 0 amide bonds. The van der Waals surface area contributed by atoms with Gasteiger partial charge < -0.3 is 25.7 Å². The Morgan fingerprint density at radius 1 is 1.00 bits per heavy atom. The summed E-state index contributed by atoms with van der Waals surface area (Å²) < 4.78 is 0. The van der Waals surface area contributed by atoms with Gasteiger partial charge in [0.05, 0.1) is 12.6 Å². The highest BCUT2D eigenvalue weighted by Crippen LogP contribution is 2.29. The molecule has 0 aromatic rings. The number of nitrogens with zero attached hydrogens (tertiary/aromatic N) is 2. The van der Waals surface area contributed by atoms with Gasteiger partial charge in [-0.3, -0.25) is 0 Å². The number of rotatable bonds is 8. The highest BCUT2D eigenvalue weighted by Gasteiger charge is 2.48. The Hall–Kier alpha value is -0.200. The van der Waals surface area contributed by atoms with Crippen LogP contribution in [-0.2, 0) is 0 Å². The maximum Gasteiger partial charge on any atom is 0.113 e. The molecule has 4 N–H and O–H groups in total. The lowest BCUT2D eigenvalue weighted by atomic mass is 9.77. The van der Waals surface area contributed by atoms with Crippen LogP contribution in [0.4, 0.5) is 0 Å². The first-order valence-electron chi connectivity index (χ1n) is 6.68. The maximum absolute atomic E-state index is 11.2. The fraction of sp³-hybridized carbons (Fsp3) is 1.00. The van der Waals surface area contributed by atoms with Gasteiger partial charge in [-0.2, -0.15) is 0 Å². The minimum atomic E-state index is -1.13. The molecule has 3 atom stereocenters. The molecule has 5 nitrogen and oxygen atoms in total. The monoisotopic (exact) mass is 261 g/mol. The van der Waals surface area contributed by atoms with Gasteiger partial charge in [-0.25, -0.2) is 0 Å². The van der Waals surface area contributed by atoms with Gasteiger partial charge in [0.25, 0.3) is 0 Å². The number of hydrogen-bond acceptors (Lipinski definition) is 5. The van der Waals surface area contributed by atoms with Crippen molar-refractivity contribution in [3.63, 3.8) is 0 Å². The zero-order valence-corrected chi connectivity index (χ0v) is 12.7. The Kier molecular flexibility index (Phi) is 7.32. The normalized spacial score (nSPS) is 20.8. The van der Waals surface area contributed by atoms with Gasteiger partial charge in [-0.1, -0.05) is 13.8 Å². The standard InChI is InChI=1S/C13H31N3O2/c1-7-11(15(3)4)13(18,10(14)9-17)12(8-2)16(5)6/h10-12,17-18H,7-9,14H2,1-6H3. The molecule has 0 aliphatic heterocycles. The Bertz CT molecular complexity index is 218. The maximum atomic E-state index is 11.2. The van der Waals surface area contributed by atoms with E-state index in [4.69, 9.17) is 5.73 Å². The largest absolute Gasteiger partial charge is 0.395 e. The van der Waals surface area contributed by atoms with E-state index in [0.29, 0.717) is 0 Å². The van der Waals surface area contributed by atoms with Crippen LogP contribution in [0.1, 0.15) is 26.7 Å². The summed E-state index contributed by atoms with van der Waals surface area (Å²) >= 11 is 0. The first kappa shape index (κ1) is 17.8. The second-order valence-electron chi connectivity index (χ2n) is 5.45. The molecule has 0 aromatic heterocycles. The Morgan fingerprint density at radius 2 is 1.33 bits per heavy atom. The molecular formula is C13H31N3O2. The summed E-state index contributed by atoms with van der Waals surface area (Å²) in [5, 5.41) is 20.6. The summed E-state index contributed by atoms with van der Waals surface area (Å²) in [6, 6.07) is -0.837. The van der Waals surface area contributed by atoms with E-state index in [1.165, 1.54) is 0 Å². The molecule has 0 bridgehead atoms. The van der Waals surface area contributed by atoms with E-state index in [-0.39, 0.29) is 18.7 Å². The summed E-state index contributed by atoms with van der Waals surface area (Å²) in [4.78, 5) is 3.98. The SMILES string of the molecule is CCC(N(C)C)C(O)(C(N)CO)C(CC)N(C)C. The fourth-order valence-corrected chi connectivity index (χ4v) is 3.07. The first-order valence-corrected chi connectivity index (χ1v) is 6.68. The molecule has 0 aliphatic rings. The third-order valence-electron chi connectivity index (χ3n) is 3.88. The molecule has 0 aliphatic carbocycles. The van der Waals surface area contributed by atoms with Crippen LogP contribution in [0.15, 0.2) is 0 Å². The zero-order valence-electron chi connectivity index (χ0n) is 12.7. The number of aliphatic hydroxyl groups is 2. The van der Waals surface area contributed by atoms with E-state index in [1.807, 2.05) is 51.8 Å². The molecule has 0 saturated carbocycles. The van der Waals surface area contributed by atoms with Crippen LogP contribution >= 0.6 is 0 Å². The minimum absolute atomic E-state index is 0.0907. The van der Waals surface area contributed by atoms with E-state index in [0.717, 1.165) is 12.8 Å². The molecule has 0 radical (unpaired) electrons. The second kappa shape index (κ2) is 7.40. The molecule has 18 heavy (non-hydrogen) atoms. The van der Waals surface area contributed by atoms with Gasteiger partial charge in [-0.05, 0) is 41.0 Å². The fourth-order valence-electron chi connectivity index (χ4n) is 3.07. The van der Waals surface area contributed by atoms with Crippen molar-refractivity contribution in [3.8, 4) is 0 Å². The van der Waals surface area contributed by atoms with Crippen LogP contribution in [0, 0.1) is 0 Å². The molecular weight excluding hydrogens is 230 g/mol. The topological polar surface area (TPSA) is 73.0 Å². The first-order chi connectivity index (χ1) is 8.27. The molecule has 110 valence electrons. The van der Waals surface area contributed by atoms with E-state index < -0.39 is 11.6 Å². The van der Waals surface area contributed by atoms with E-state index in [1.54, 1.807) is 0 Å². The van der Waals surface area contributed by atoms with Crippen molar-refractivity contribution in [3.05, 3.63) is 0 Å².